The molecule has 0 aromatic heterocycles. The monoisotopic (exact) mass is 207 g/mol. The van der Waals surface area contributed by atoms with Gasteiger partial charge in [0, 0.05) is 6.04 Å². The van der Waals surface area contributed by atoms with Crippen LogP contribution in [0.25, 0.3) is 0 Å². The predicted molar refractivity (Wildman–Crippen MR) is 60.2 cm³/mol. The molecule has 1 N–H and O–H groups in total. The largest absolute Gasteiger partial charge is 0.310 e. The number of benzene rings is 1. The van der Waals surface area contributed by atoms with Gasteiger partial charge in [-0.25, -0.2) is 4.39 Å². The lowest BCUT2D eigenvalue weighted by Gasteiger charge is -2.27. The topological polar surface area (TPSA) is 12.0 Å². The summed E-state index contributed by atoms with van der Waals surface area (Å²) in [5.74, 6) is 0.706. The van der Waals surface area contributed by atoms with Crippen LogP contribution in [0.4, 0.5) is 4.39 Å². The lowest BCUT2D eigenvalue weighted by atomic mass is 9.85. The van der Waals surface area contributed by atoms with Crippen LogP contribution in [-0.2, 0) is 0 Å². The Labute approximate surface area is 90.7 Å². The molecule has 1 nitrogen and oxygen atoms in total. The molecule has 0 spiro atoms. The average molecular weight is 207 g/mol. The SMILES string of the molecule is C[C@H](NCC1CCC1)c1ccc(F)cc1. The van der Waals surface area contributed by atoms with E-state index < -0.39 is 0 Å². The van der Waals surface area contributed by atoms with Crippen LogP contribution in [-0.4, -0.2) is 6.54 Å². The molecule has 0 radical (unpaired) electrons. The first-order chi connectivity index (χ1) is 7.25. The van der Waals surface area contributed by atoms with Crippen LogP contribution in [0.1, 0.15) is 37.8 Å². The molecule has 1 fully saturated rings. The molecule has 1 aliphatic carbocycles. The van der Waals surface area contributed by atoms with Crippen LogP contribution in [0, 0.1) is 11.7 Å². The first kappa shape index (κ1) is 10.6. The summed E-state index contributed by atoms with van der Waals surface area (Å²) in [7, 11) is 0. The number of nitrogens with one attached hydrogen (secondary N) is 1. The summed E-state index contributed by atoms with van der Waals surface area (Å²) in [5, 5.41) is 3.50. The highest BCUT2D eigenvalue weighted by atomic mass is 19.1. The van der Waals surface area contributed by atoms with E-state index in [1.165, 1.54) is 31.4 Å². The zero-order valence-electron chi connectivity index (χ0n) is 9.17. The molecule has 2 rings (SSSR count). The molecule has 15 heavy (non-hydrogen) atoms. The zero-order chi connectivity index (χ0) is 10.7. The Balaban J connectivity index is 1.83. The molecule has 2 heteroatoms. The van der Waals surface area contributed by atoms with Gasteiger partial charge in [-0.15, -0.1) is 0 Å². The average Bonchev–Trinajstić information content (AvgIpc) is 2.16. The van der Waals surface area contributed by atoms with Crippen molar-refractivity contribution in [3.8, 4) is 0 Å². The van der Waals surface area contributed by atoms with Gasteiger partial charge in [0.05, 0.1) is 0 Å². The van der Waals surface area contributed by atoms with E-state index >= 15 is 0 Å². The fraction of sp³-hybridized carbons (Fsp3) is 0.538. The van der Waals surface area contributed by atoms with Crippen molar-refractivity contribution in [3.05, 3.63) is 35.6 Å². The van der Waals surface area contributed by atoms with Crippen molar-refractivity contribution < 1.29 is 4.39 Å². The molecule has 1 aromatic carbocycles. The Bertz CT molecular complexity index is 303. The first-order valence-electron chi connectivity index (χ1n) is 5.74. The van der Waals surface area contributed by atoms with Crippen molar-refractivity contribution in [3.63, 3.8) is 0 Å². The molecule has 0 amide bonds. The fourth-order valence-corrected chi connectivity index (χ4v) is 1.91. The van der Waals surface area contributed by atoms with E-state index in [2.05, 4.69) is 12.2 Å². The maximum atomic E-state index is 12.7. The molecular weight excluding hydrogens is 189 g/mol. The van der Waals surface area contributed by atoms with Crippen LogP contribution in [0.2, 0.25) is 0 Å². The van der Waals surface area contributed by atoms with Gasteiger partial charge >= 0.3 is 0 Å². The van der Waals surface area contributed by atoms with Crippen molar-refractivity contribution in [2.45, 2.75) is 32.2 Å². The van der Waals surface area contributed by atoms with E-state index in [0.717, 1.165) is 18.0 Å². The highest BCUT2D eigenvalue weighted by Gasteiger charge is 2.17. The van der Waals surface area contributed by atoms with Crippen molar-refractivity contribution >= 4 is 0 Å². The summed E-state index contributed by atoms with van der Waals surface area (Å²) < 4.78 is 12.7. The van der Waals surface area contributed by atoms with Crippen LogP contribution >= 0.6 is 0 Å². The molecule has 0 aliphatic heterocycles. The van der Waals surface area contributed by atoms with E-state index in [0.29, 0.717) is 6.04 Å². The van der Waals surface area contributed by atoms with Crippen LogP contribution in [0.3, 0.4) is 0 Å². The summed E-state index contributed by atoms with van der Waals surface area (Å²) in [6.45, 7) is 3.23. The highest BCUT2D eigenvalue weighted by Crippen LogP contribution is 2.26. The molecule has 1 saturated carbocycles. The third kappa shape index (κ3) is 2.78. The Morgan fingerprint density at radius 3 is 2.53 bits per heavy atom. The normalized spacial score (nSPS) is 18.5. The maximum absolute atomic E-state index is 12.7. The third-order valence-corrected chi connectivity index (χ3v) is 3.31. The lowest BCUT2D eigenvalue weighted by molar-refractivity contribution is 0.292. The van der Waals surface area contributed by atoms with Crippen LogP contribution in [0.5, 0.6) is 0 Å². The molecule has 82 valence electrons. The molecule has 0 heterocycles. The van der Waals surface area contributed by atoms with Gasteiger partial charge in [0.2, 0.25) is 0 Å². The maximum Gasteiger partial charge on any atom is 0.123 e. The third-order valence-electron chi connectivity index (χ3n) is 3.31. The van der Waals surface area contributed by atoms with E-state index in [1.54, 1.807) is 0 Å². The van der Waals surface area contributed by atoms with E-state index in [9.17, 15) is 4.39 Å². The zero-order valence-corrected chi connectivity index (χ0v) is 9.17. The van der Waals surface area contributed by atoms with Gasteiger partial charge in [-0.05, 0) is 49.9 Å². The van der Waals surface area contributed by atoms with E-state index in [1.807, 2.05) is 12.1 Å². The van der Waals surface area contributed by atoms with Crippen LogP contribution in [0.15, 0.2) is 24.3 Å². The molecule has 1 aliphatic rings. The lowest BCUT2D eigenvalue weighted by Crippen LogP contribution is -2.29. The molecule has 0 bridgehead atoms. The van der Waals surface area contributed by atoms with Crippen molar-refractivity contribution in [1.82, 2.24) is 5.32 Å². The second-order valence-corrected chi connectivity index (χ2v) is 4.48. The Morgan fingerprint density at radius 2 is 2.00 bits per heavy atom. The van der Waals surface area contributed by atoms with Gasteiger partial charge in [-0.2, -0.15) is 0 Å². The van der Waals surface area contributed by atoms with Gasteiger partial charge in [-0.3, -0.25) is 0 Å². The van der Waals surface area contributed by atoms with Gasteiger partial charge in [-0.1, -0.05) is 18.6 Å². The summed E-state index contributed by atoms with van der Waals surface area (Å²) in [5.41, 5.74) is 1.16. The van der Waals surface area contributed by atoms with Gasteiger partial charge in [0.1, 0.15) is 5.82 Å². The Morgan fingerprint density at radius 1 is 1.33 bits per heavy atom. The number of halogens is 1. The first-order valence-corrected chi connectivity index (χ1v) is 5.74. The highest BCUT2D eigenvalue weighted by molar-refractivity contribution is 5.19. The molecule has 1 aromatic rings. The standard InChI is InChI=1S/C13H18FN/c1-10(15-9-11-3-2-4-11)12-5-7-13(14)8-6-12/h5-8,10-11,15H,2-4,9H2,1H3/t10-/m0/s1. The number of hydrogen-bond donors (Lipinski definition) is 1. The Kier molecular flexibility index (Phi) is 3.37. The van der Waals surface area contributed by atoms with Crippen LogP contribution < -0.4 is 5.32 Å². The quantitative estimate of drug-likeness (QED) is 0.799. The minimum Gasteiger partial charge on any atom is -0.310 e. The Hall–Kier alpha value is -0.890. The fourth-order valence-electron chi connectivity index (χ4n) is 1.91. The summed E-state index contributed by atoms with van der Waals surface area (Å²) >= 11 is 0. The second-order valence-electron chi connectivity index (χ2n) is 4.48. The molecule has 0 unspecified atom stereocenters. The minimum absolute atomic E-state index is 0.162. The summed E-state index contributed by atoms with van der Waals surface area (Å²) in [6, 6.07) is 7.08. The van der Waals surface area contributed by atoms with Crippen molar-refractivity contribution in [1.29, 1.82) is 0 Å². The second kappa shape index (κ2) is 4.75. The van der Waals surface area contributed by atoms with E-state index in [-0.39, 0.29) is 5.82 Å². The molecule has 1 atom stereocenters. The number of rotatable bonds is 4. The minimum atomic E-state index is -0.162. The van der Waals surface area contributed by atoms with E-state index in [4.69, 9.17) is 0 Å². The predicted octanol–water partition coefficient (Wildman–Crippen LogP) is 3.28. The molecule has 0 saturated heterocycles. The summed E-state index contributed by atoms with van der Waals surface area (Å²) in [4.78, 5) is 0. The van der Waals surface area contributed by atoms with Crippen molar-refractivity contribution in [2.24, 2.45) is 5.92 Å². The van der Waals surface area contributed by atoms with Gasteiger partial charge in [0.25, 0.3) is 0 Å². The molecular formula is C13H18FN. The van der Waals surface area contributed by atoms with Gasteiger partial charge in [0.15, 0.2) is 0 Å². The van der Waals surface area contributed by atoms with Crippen molar-refractivity contribution in [2.75, 3.05) is 6.54 Å². The summed E-state index contributed by atoms with van der Waals surface area (Å²) in [6.07, 6.45) is 4.11. The smallest absolute Gasteiger partial charge is 0.123 e. The number of hydrogen-bond acceptors (Lipinski definition) is 1. The van der Waals surface area contributed by atoms with Gasteiger partial charge < -0.3 is 5.32 Å².